The first-order valence-corrected chi connectivity index (χ1v) is 15.8. The van der Waals surface area contributed by atoms with Crippen molar-refractivity contribution in [2.45, 2.75) is 76.7 Å². The van der Waals surface area contributed by atoms with Crippen molar-refractivity contribution in [2.24, 2.45) is 17.4 Å². The van der Waals surface area contributed by atoms with Gasteiger partial charge in [0.1, 0.15) is 30.2 Å². The molecule has 0 bridgehead atoms. The smallest absolute Gasteiger partial charge is 0.245 e. The van der Waals surface area contributed by atoms with Crippen molar-refractivity contribution in [3.8, 4) is 0 Å². The molecule has 5 unspecified atom stereocenters. The van der Waals surface area contributed by atoms with Crippen LogP contribution < -0.4 is 32.7 Å². The number of likely N-dealkylation sites (tertiary alicyclic amines) is 1. The number of hydrogen-bond donors (Lipinski definition) is 6. The number of hydrogen-bond acceptors (Lipinski definition) is 8. The number of carbonyl (C=O) groups excluding carboxylic acids is 6. The van der Waals surface area contributed by atoms with Crippen LogP contribution in [0.3, 0.4) is 0 Å². The number of benzene rings is 1. The predicted molar refractivity (Wildman–Crippen MR) is 164 cm³/mol. The largest absolute Gasteiger partial charge is 0.368 e. The number of nitrogens with one attached hydrogen (secondary N) is 4. The zero-order chi connectivity index (χ0) is 32.1. The third-order valence-electron chi connectivity index (χ3n) is 7.20. The minimum Gasteiger partial charge on any atom is -0.368 e. The average molecular weight is 620 g/mol. The van der Waals surface area contributed by atoms with E-state index in [9.17, 15) is 28.8 Å². The zero-order valence-electron chi connectivity index (χ0n) is 25.3. The van der Waals surface area contributed by atoms with Crippen molar-refractivity contribution in [1.29, 1.82) is 0 Å². The highest BCUT2D eigenvalue weighted by molar-refractivity contribution is 7.98. The molecule has 43 heavy (non-hydrogen) atoms. The average Bonchev–Trinajstić information content (AvgIpc) is 3.47. The van der Waals surface area contributed by atoms with E-state index in [0.29, 0.717) is 25.1 Å². The lowest BCUT2D eigenvalue weighted by Crippen LogP contribution is -2.59. The summed E-state index contributed by atoms with van der Waals surface area (Å²) in [7, 11) is 0. The number of thioether (sulfide) groups is 1. The van der Waals surface area contributed by atoms with Crippen LogP contribution >= 0.6 is 11.8 Å². The van der Waals surface area contributed by atoms with E-state index in [2.05, 4.69) is 21.3 Å². The summed E-state index contributed by atoms with van der Waals surface area (Å²) in [4.78, 5) is 78.4. The lowest BCUT2D eigenvalue weighted by atomic mass is 10.0. The Morgan fingerprint density at radius 2 is 1.60 bits per heavy atom. The fourth-order valence-electron chi connectivity index (χ4n) is 4.84. The first-order valence-electron chi connectivity index (χ1n) is 14.4. The van der Waals surface area contributed by atoms with Crippen molar-refractivity contribution in [3.05, 3.63) is 35.9 Å². The van der Waals surface area contributed by atoms with Crippen molar-refractivity contribution in [1.82, 2.24) is 26.2 Å². The second kappa shape index (κ2) is 17.5. The molecule has 14 heteroatoms. The maximum atomic E-state index is 13.6. The Bertz CT molecular complexity index is 1140. The normalized spacial score (nSPS) is 17.3. The van der Waals surface area contributed by atoms with Crippen molar-refractivity contribution in [2.75, 3.05) is 25.1 Å². The molecule has 1 fully saturated rings. The Morgan fingerprint density at radius 1 is 0.953 bits per heavy atom. The molecule has 8 N–H and O–H groups in total. The molecule has 238 valence electrons. The quantitative estimate of drug-likeness (QED) is 0.135. The number of nitrogens with zero attached hydrogens (tertiary/aromatic N) is 1. The highest BCUT2D eigenvalue weighted by atomic mass is 32.2. The predicted octanol–water partition coefficient (Wildman–Crippen LogP) is -0.968. The van der Waals surface area contributed by atoms with E-state index >= 15 is 0 Å². The van der Waals surface area contributed by atoms with Gasteiger partial charge >= 0.3 is 0 Å². The van der Waals surface area contributed by atoms with Crippen molar-refractivity contribution >= 4 is 47.2 Å². The maximum absolute atomic E-state index is 13.6. The summed E-state index contributed by atoms with van der Waals surface area (Å²) < 4.78 is 0. The maximum Gasteiger partial charge on any atom is 0.245 e. The number of rotatable bonds is 16. The summed E-state index contributed by atoms with van der Waals surface area (Å²) in [6.07, 6.45) is 3.27. The fraction of sp³-hybridized carbons (Fsp3) is 0.586. The van der Waals surface area contributed by atoms with Gasteiger partial charge in [0.15, 0.2) is 0 Å². The monoisotopic (exact) mass is 619 g/mol. The summed E-state index contributed by atoms with van der Waals surface area (Å²) in [5, 5.41) is 10.7. The minimum absolute atomic E-state index is 0.141. The Kier molecular flexibility index (Phi) is 14.4. The molecule has 6 amide bonds. The molecule has 1 aromatic carbocycles. The van der Waals surface area contributed by atoms with Crippen LogP contribution in [0.25, 0.3) is 0 Å². The van der Waals surface area contributed by atoms with E-state index in [1.54, 1.807) is 13.8 Å². The fourth-order valence-corrected chi connectivity index (χ4v) is 5.31. The molecule has 5 atom stereocenters. The van der Waals surface area contributed by atoms with Crippen LogP contribution in [0, 0.1) is 5.92 Å². The molecule has 1 aromatic rings. The molecule has 13 nitrogen and oxygen atoms in total. The van der Waals surface area contributed by atoms with Crippen molar-refractivity contribution < 1.29 is 28.8 Å². The van der Waals surface area contributed by atoms with E-state index in [0.717, 1.165) is 5.56 Å². The molecule has 2 rings (SSSR count). The number of nitrogens with two attached hydrogens (primary N) is 2. The highest BCUT2D eigenvalue weighted by Gasteiger charge is 2.38. The summed E-state index contributed by atoms with van der Waals surface area (Å²) in [6, 6.07) is 4.42. The first kappa shape index (κ1) is 35.5. The lowest BCUT2D eigenvalue weighted by molar-refractivity contribution is -0.141. The van der Waals surface area contributed by atoms with E-state index < -0.39 is 65.7 Å². The van der Waals surface area contributed by atoms with Gasteiger partial charge in [-0.15, -0.1) is 0 Å². The minimum atomic E-state index is -1.05. The van der Waals surface area contributed by atoms with Gasteiger partial charge in [-0.25, -0.2) is 0 Å². The van der Waals surface area contributed by atoms with Gasteiger partial charge < -0.3 is 37.6 Å². The van der Waals surface area contributed by atoms with Crippen LogP contribution in [0.5, 0.6) is 0 Å². The molecule has 0 radical (unpaired) electrons. The van der Waals surface area contributed by atoms with Crippen LogP contribution in [-0.2, 0) is 35.2 Å². The standard InChI is InChI=1S/C29H45N7O6S/c1-17(2)24(25(31)38)35-27(40)21(15-19-9-6-5-7-10-19)34-26(39)20(12-14-43-4)33-28(41)22-11-8-13-36(22)29(42)18(3)32-23(37)16-30/h5-7,9-10,17-18,20-22,24H,8,11-16,30H2,1-4H3,(H2,31,38)(H,32,37)(H,33,41)(H,34,39)(H,35,40). The molecule has 0 aliphatic carbocycles. The van der Waals surface area contributed by atoms with Crippen LogP contribution in [0.1, 0.15) is 45.6 Å². The van der Waals surface area contributed by atoms with E-state index in [1.807, 2.05) is 36.6 Å². The topological polar surface area (TPSA) is 206 Å². The van der Waals surface area contributed by atoms with Crippen LogP contribution in [0.4, 0.5) is 0 Å². The number of amides is 6. The van der Waals surface area contributed by atoms with Crippen LogP contribution in [0.15, 0.2) is 30.3 Å². The molecule has 0 spiro atoms. The Morgan fingerprint density at radius 3 is 2.19 bits per heavy atom. The molecular weight excluding hydrogens is 574 g/mol. The third-order valence-corrected chi connectivity index (χ3v) is 7.85. The number of carbonyl (C=O) groups is 6. The number of primary amides is 1. The molecule has 0 saturated carbocycles. The molecule has 1 heterocycles. The second-order valence-corrected chi connectivity index (χ2v) is 11.9. The van der Waals surface area contributed by atoms with Gasteiger partial charge in [0.2, 0.25) is 35.4 Å². The summed E-state index contributed by atoms with van der Waals surface area (Å²) in [6.45, 7) is 5.09. The van der Waals surface area contributed by atoms with E-state index in [-0.39, 0.29) is 25.3 Å². The Hall–Kier alpha value is -3.65. The molecule has 0 aromatic heterocycles. The zero-order valence-corrected chi connectivity index (χ0v) is 26.1. The molecule has 1 saturated heterocycles. The summed E-state index contributed by atoms with van der Waals surface area (Å²) in [5.41, 5.74) is 11.6. The summed E-state index contributed by atoms with van der Waals surface area (Å²) in [5.74, 6) is -2.97. The van der Waals surface area contributed by atoms with Gasteiger partial charge in [0, 0.05) is 13.0 Å². The summed E-state index contributed by atoms with van der Waals surface area (Å²) >= 11 is 1.49. The second-order valence-electron chi connectivity index (χ2n) is 10.9. The van der Waals surface area contributed by atoms with E-state index in [4.69, 9.17) is 11.5 Å². The first-order chi connectivity index (χ1) is 20.4. The molecule has 1 aliphatic rings. The lowest BCUT2D eigenvalue weighted by Gasteiger charge is -2.29. The van der Waals surface area contributed by atoms with Gasteiger partial charge in [-0.3, -0.25) is 28.8 Å². The van der Waals surface area contributed by atoms with E-state index in [1.165, 1.54) is 23.6 Å². The Labute approximate surface area is 257 Å². The van der Waals surface area contributed by atoms with Gasteiger partial charge in [0.05, 0.1) is 6.54 Å². The molecular formula is C29H45N7O6S. The Balaban J connectivity index is 2.22. The van der Waals surface area contributed by atoms with Gasteiger partial charge in [-0.05, 0) is 49.7 Å². The highest BCUT2D eigenvalue weighted by Crippen LogP contribution is 2.19. The van der Waals surface area contributed by atoms with Crippen LogP contribution in [-0.4, -0.2) is 95.7 Å². The van der Waals surface area contributed by atoms with Gasteiger partial charge in [-0.2, -0.15) is 11.8 Å². The van der Waals surface area contributed by atoms with Crippen molar-refractivity contribution in [3.63, 3.8) is 0 Å². The van der Waals surface area contributed by atoms with Gasteiger partial charge in [0.25, 0.3) is 0 Å². The van der Waals surface area contributed by atoms with Crippen LogP contribution in [0.2, 0.25) is 0 Å². The molecule has 1 aliphatic heterocycles. The SMILES string of the molecule is CSCCC(NC(=O)C1CCCN1C(=O)C(C)NC(=O)CN)C(=O)NC(Cc1ccccc1)C(=O)NC(C(N)=O)C(C)C. The van der Waals surface area contributed by atoms with Gasteiger partial charge in [-0.1, -0.05) is 44.2 Å². The third kappa shape index (κ3) is 10.8.